The summed E-state index contributed by atoms with van der Waals surface area (Å²) in [4.78, 5) is 28.5. The number of pyridine rings is 2. The van der Waals surface area contributed by atoms with Crippen LogP contribution in [0.1, 0.15) is 54.1 Å². The summed E-state index contributed by atoms with van der Waals surface area (Å²) in [5.41, 5.74) is 9.78. The number of aliphatic hydroxyl groups is 1. The fourth-order valence-electron chi connectivity index (χ4n) is 9.32. The van der Waals surface area contributed by atoms with Crippen LogP contribution in [-0.2, 0) is 17.6 Å². The molecule has 0 radical (unpaired) electrons. The van der Waals surface area contributed by atoms with Crippen molar-refractivity contribution in [2.45, 2.75) is 50.8 Å². The van der Waals surface area contributed by atoms with E-state index >= 15 is 0 Å². The normalized spacial score (nSPS) is 22.3. The number of ether oxygens (including phenoxy) is 2. The van der Waals surface area contributed by atoms with Crippen LogP contribution < -0.4 is 9.47 Å². The van der Waals surface area contributed by atoms with Gasteiger partial charge < -0.3 is 19.5 Å². The van der Waals surface area contributed by atoms with Crippen LogP contribution in [0.3, 0.4) is 0 Å². The summed E-state index contributed by atoms with van der Waals surface area (Å²) in [5.74, 6) is 1.43. The minimum atomic E-state index is -0.259. The number of halogens is 2. The van der Waals surface area contributed by atoms with E-state index in [1.165, 1.54) is 16.7 Å². The summed E-state index contributed by atoms with van der Waals surface area (Å²) in [7, 11) is 3.36. The number of rotatable bonds is 7. The molecule has 5 aliphatic rings. The van der Waals surface area contributed by atoms with Crippen LogP contribution in [0.15, 0.2) is 48.5 Å². The van der Waals surface area contributed by atoms with E-state index in [0.29, 0.717) is 34.9 Å². The Morgan fingerprint density at radius 3 is 1.69 bits per heavy atom. The first-order chi connectivity index (χ1) is 24.7. The number of hydrogen-bond acceptors (Lipinski definition) is 8. The van der Waals surface area contributed by atoms with Crippen molar-refractivity contribution in [2.24, 2.45) is 5.41 Å². The number of aromatic nitrogens is 2. The third kappa shape index (κ3) is 5.34. The van der Waals surface area contributed by atoms with Crippen LogP contribution in [0.25, 0.3) is 33.6 Å². The molecule has 2 unspecified atom stereocenters. The van der Waals surface area contributed by atoms with Gasteiger partial charge >= 0.3 is 0 Å². The number of hydrogen-bond donors (Lipinski definition) is 1. The molecule has 11 heteroatoms. The van der Waals surface area contributed by atoms with Gasteiger partial charge in [-0.2, -0.15) is 0 Å². The molecule has 4 aromatic rings. The van der Waals surface area contributed by atoms with E-state index in [0.717, 1.165) is 91.1 Å². The smallest absolute Gasteiger partial charge is 0.219 e. The molecule has 0 bridgehead atoms. The van der Waals surface area contributed by atoms with Gasteiger partial charge in [0.15, 0.2) is 0 Å². The summed E-state index contributed by atoms with van der Waals surface area (Å²) < 4.78 is 11.8. The number of fused-ring (bicyclic) bond motifs is 2. The van der Waals surface area contributed by atoms with Crippen LogP contribution in [0.4, 0.5) is 0 Å². The summed E-state index contributed by atoms with van der Waals surface area (Å²) >= 11 is 14.5. The predicted molar refractivity (Wildman–Crippen MR) is 197 cm³/mol. The molecule has 2 atom stereocenters. The number of likely N-dealkylation sites (tertiary alicyclic amines) is 3. The molecule has 3 saturated heterocycles. The Bertz CT molecular complexity index is 2070. The molecule has 2 aliphatic carbocycles. The second-order valence-electron chi connectivity index (χ2n) is 15.0. The van der Waals surface area contributed by atoms with E-state index in [2.05, 4.69) is 21.9 Å². The van der Waals surface area contributed by atoms with Crippen molar-refractivity contribution in [3.8, 4) is 45.4 Å². The lowest BCUT2D eigenvalue weighted by atomic mass is 9.72. The second kappa shape index (κ2) is 12.5. The Hall–Kier alpha value is -3.73. The number of methoxy groups -OCH3 is 2. The molecule has 9 rings (SSSR count). The lowest BCUT2D eigenvalue weighted by molar-refractivity contribution is -0.161. The fraction of sp³-hybridized carbons (Fsp3) is 0.425. The monoisotopic (exact) mass is 725 g/mol. The quantitative estimate of drug-likeness (QED) is 0.228. The zero-order valence-electron chi connectivity index (χ0n) is 29.1. The van der Waals surface area contributed by atoms with Gasteiger partial charge in [0.1, 0.15) is 0 Å². The Labute approximate surface area is 308 Å². The van der Waals surface area contributed by atoms with E-state index in [4.69, 9.17) is 42.6 Å². The van der Waals surface area contributed by atoms with Gasteiger partial charge in [0, 0.05) is 97.1 Å². The highest BCUT2D eigenvalue weighted by molar-refractivity contribution is 6.39. The van der Waals surface area contributed by atoms with Crippen molar-refractivity contribution in [3.05, 3.63) is 80.8 Å². The minimum Gasteiger partial charge on any atom is -0.481 e. The van der Waals surface area contributed by atoms with Gasteiger partial charge in [-0.1, -0.05) is 59.6 Å². The SMILES string of the molecule is COc1nc(-c2cccc(-c3cccc(-c4cc5c(c(OC)n4)C(N4CC6(CN(C(C)=O)C6)C4)CC5)c3Cl)c2Cl)cc2c1C(N1CC(O)C1)CC2. The number of aliphatic hydroxyl groups excluding tert-OH is 1. The molecule has 0 saturated carbocycles. The van der Waals surface area contributed by atoms with Crippen molar-refractivity contribution in [1.82, 2.24) is 24.7 Å². The molecule has 1 N–H and O–H groups in total. The number of amides is 1. The highest BCUT2D eigenvalue weighted by Gasteiger charge is 2.55. The number of aryl methyl sites for hydroxylation is 2. The molecule has 51 heavy (non-hydrogen) atoms. The minimum absolute atomic E-state index is 0.164. The molecule has 1 amide bonds. The topological polar surface area (TPSA) is 91.3 Å². The van der Waals surface area contributed by atoms with Crippen molar-refractivity contribution in [3.63, 3.8) is 0 Å². The predicted octanol–water partition coefficient (Wildman–Crippen LogP) is 6.62. The first-order valence-corrected chi connectivity index (χ1v) is 18.6. The number of carbonyl (C=O) groups is 1. The van der Waals surface area contributed by atoms with Gasteiger partial charge in [-0.25, -0.2) is 9.97 Å². The van der Waals surface area contributed by atoms with Crippen LogP contribution >= 0.6 is 23.2 Å². The highest BCUT2D eigenvalue weighted by Crippen LogP contribution is 2.51. The van der Waals surface area contributed by atoms with Gasteiger partial charge in [0.25, 0.3) is 0 Å². The Balaban J connectivity index is 1.01. The molecule has 2 aromatic carbocycles. The summed E-state index contributed by atoms with van der Waals surface area (Å²) in [5, 5.41) is 11.0. The molecular formula is C40H41Cl2N5O4. The van der Waals surface area contributed by atoms with Crippen molar-refractivity contribution < 1.29 is 19.4 Å². The van der Waals surface area contributed by atoms with Gasteiger partial charge in [0.05, 0.1) is 41.8 Å². The average molecular weight is 727 g/mol. The van der Waals surface area contributed by atoms with Crippen LogP contribution in [0.5, 0.6) is 11.8 Å². The Morgan fingerprint density at radius 1 is 0.765 bits per heavy atom. The van der Waals surface area contributed by atoms with Gasteiger partial charge in [-0.05, 0) is 48.9 Å². The third-order valence-corrected chi connectivity index (χ3v) is 12.6. The standard InChI is InChI=1S/C40H41Cl2N5O4/c1-22(48)46-18-40(19-46)20-47(21-40)33-13-11-24-15-31(44-39(51-3)35(24)33)29-9-5-7-27(37(29)42)26-6-4-8-28(36(26)41)30-14-23-10-12-32(45-16-25(49)17-45)34(23)38(43-30)50-2/h4-9,14-15,25,32-33,49H,10-13,16-21H2,1-3H3. The number of nitrogens with zero attached hydrogens (tertiary/aromatic N) is 5. The second-order valence-corrected chi connectivity index (χ2v) is 15.8. The third-order valence-electron chi connectivity index (χ3n) is 11.8. The number of β-amino-alcohol motifs (C(OH)–C–C–N with tert-alkyl or cyclic N) is 1. The highest BCUT2D eigenvalue weighted by atomic mass is 35.5. The number of benzene rings is 2. The first kappa shape index (κ1) is 33.1. The Morgan fingerprint density at radius 2 is 1.24 bits per heavy atom. The molecule has 9 nitrogen and oxygen atoms in total. The fourth-order valence-corrected chi connectivity index (χ4v) is 9.97. The lowest BCUT2D eigenvalue weighted by Crippen LogP contribution is -2.72. The zero-order valence-corrected chi connectivity index (χ0v) is 30.6. The molecule has 2 aromatic heterocycles. The lowest BCUT2D eigenvalue weighted by Gasteiger charge is -2.61. The molecule has 3 fully saturated rings. The maximum atomic E-state index is 11.8. The van der Waals surface area contributed by atoms with Crippen LogP contribution in [-0.4, -0.2) is 95.3 Å². The van der Waals surface area contributed by atoms with Crippen LogP contribution in [0, 0.1) is 5.41 Å². The van der Waals surface area contributed by atoms with E-state index in [-0.39, 0.29) is 29.5 Å². The maximum Gasteiger partial charge on any atom is 0.219 e. The van der Waals surface area contributed by atoms with Gasteiger partial charge in [-0.15, -0.1) is 0 Å². The molecule has 3 aliphatic heterocycles. The van der Waals surface area contributed by atoms with Gasteiger partial charge in [-0.3, -0.25) is 14.6 Å². The molecule has 1 spiro atoms. The Kier molecular flexibility index (Phi) is 8.09. The van der Waals surface area contributed by atoms with Crippen LogP contribution in [0.2, 0.25) is 10.0 Å². The summed E-state index contributed by atoms with van der Waals surface area (Å²) in [6.07, 6.45) is 3.59. The summed E-state index contributed by atoms with van der Waals surface area (Å²) in [6.45, 7) is 6.73. The molecule has 5 heterocycles. The molecule has 264 valence electrons. The maximum absolute atomic E-state index is 11.8. The first-order valence-electron chi connectivity index (χ1n) is 17.8. The van der Waals surface area contributed by atoms with Crippen molar-refractivity contribution in [1.29, 1.82) is 0 Å². The van der Waals surface area contributed by atoms with Crippen molar-refractivity contribution in [2.75, 3.05) is 53.5 Å². The van der Waals surface area contributed by atoms with Gasteiger partial charge in [0.2, 0.25) is 17.7 Å². The zero-order chi connectivity index (χ0) is 35.2. The van der Waals surface area contributed by atoms with E-state index in [1.54, 1.807) is 21.1 Å². The van der Waals surface area contributed by atoms with E-state index in [9.17, 15) is 9.90 Å². The van der Waals surface area contributed by atoms with E-state index in [1.807, 2.05) is 41.3 Å². The summed E-state index contributed by atoms with van der Waals surface area (Å²) in [6, 6.07) is 16.7. The average Bonchev–Trinajstić information content (AvgIpc) is 3.69. The molecular weight excluding hydrogens is 685 g/mol. The largest absolute Gasteiger partial charge is 0.481 e. The van der Waals surface area contributed by atoms with E-state index < -0.39 is 0 Å². The van der Waals surface area contributed by atoms with Crippen molar-refractivity contribution >= 4 is 29.1 Å². The number of carbonyl (C=O) groups excluding carboxylic acids is 1.